The van der Waals surface area contributed by atoms with Gasteiger partial charge in [-0.3, -0.25) is 4.79 Å². The molecular weight excluding hydrogens is 226 g/mol. The van der Waals surface area contributed by atoms with E-state index in [1.165, 1.54) is 4.68 Å². The van der Waals surface area contributed by atoms with Crippen LogP contribution < -0.4 is 11.4 Å². The van der Waals surface area contributed by atoms with Crippen LogP contribution in [0.2, 0.25) is 0 Å². The third kappa shape index (κ3) is 1.98. The van der Waals surface area contributed by atoms with E-state index in [4.69, 9.17) is 5.84 Å². The van der Waals surface area contributed by atoms with Gasteiger partial charge in [0.1, 0.15) is 5.82 Å². The summed E-state index contributed by atoms with van der Waals surface area (Å²) in [5.74, 6) is 6.62. The average molecular weight is 245 g/mol. The molecular formula is C14H19N3O. The van der Waals surface area contributed by atoms with Gasteiger partial charge in [0, 0.05) is 5.92 Å². The first-order valence-electron chi connectivity index (χ1n) is 6.09. The Bertz CT molecular complexity index is 638. The van der Waals surface area contributed by atoms with Gasteiger partial charge < -0.3 is 5.84 Å². The molecule has 2 rings (SSSR count). The fraction of sp³-hybridized carbons (Fsp3) is 0.429. The van der Waals surface area contributed by atoms with Gasteiger partial charge in [0.25, 0.3) is 5.56 Å². The van der Waals surface area contributed by atoms with Crippen molar-refractivity contribution in [3.05, 3.63) is 40.4 Å². The van der Waals surface area contributed by atoms with Crippen molar-refractivity contribution in [2.75, 3.05) is 5.84 Å². The molecule has 0 aliphatic rings. The minimum atomic E-state index is -0.188. The quantitative estimate of drug-likeness (QED) is 0.784. The summed E-state index contributed by atoms with van der Waals surface area (Å²) in [4.78, 5) is 16.7. The minimum absolute atomic E-state index is 0.00299. The predicted octanol–water partition coefficient (Wildman–Crippen LogP) is 2.26. The first-order valence-corrected chi connectivity index (χ1v) is 6.09. The molecule has 96 valence electrons. The van der Waals surface area contributed by atoms with Crippen LogP contribution in [0.15, 0.2) is 29.1 Å². The Labute approximate surface area is 106 Å². The molecule has 0 saturated heterocycles. The highest BCUT2D eigenvalue weighted by Gasteiger charge is 2.26. The van der Waals surface area contributed by atoms with Crippen LogP contribution in [0.3, 0.4) is 0 Å². The molecule has 0 aliphatic carbocycles. The second-order valence-corrected chi connectivity index (χ2v) is 5.75. The van der Waals surface area contributed by atoms with Crippen LogP contribution in [0.1, 0.15) is 39.4 Å². The van der Waals surface area contributed by atoms with Crippen LogP contribution in [0.25, 0.3) is 10.9 Å². The number of nitrogen functional groups attached to an aromatic ring is 1. The van der Waals surface area contributed by atoms with Crippen molar-refractivity contribution in [3.8, 4) is 0 Å². The maximum Gasteiger partial charge on any atom is 0.279 e. The summed E-state index contributed by atoms with van der Waals surface area (Å²) in [5, 5.41) is 0.560. The van der Waals surface area contributed by atoms with E-state index >= 15 is 0 Å². The van der Waals surface area contributed by atoms with Crippen LogP contribution in [-0.2, 0) is 0 Å². The summed E-state index contributed by atoms with van der Waals surface area (Å²) >= 11 is 0. The SMILES string of the molecule is CC(c1nc2ccccc2c(=O)n1N)C(C)(C)C. The molecule has 0 fully saturated rings. The number of nitrogens with two attached hydrogens (primary N) is 1. The van der Waals surface area contributed by atoms with E-state index in [0.717, 1.165) is 0 Å². The molecule has 0 saturated carbocycles. The summed E-state index contributed by atoms with van der Waals surface area (Å²) in [6.07, 6.45) is 0. The van der Waals surface area contributed by atoms with Gasteiger partial charge in [0.15, 0.2) is 0 Å². The molecule has 4 heteroatoms. The van der Waals surface area contributed by atoms with Crippen molar-refractivity contribution in [2.45, 2.75) is 33.6 Å². The van der Waals surface area contributed by atoms with Gasteiger partial charge in [-0.1, -0.05) is 39.8 Å². The molecule has 1 atom stereocenters. The molecule has 18 heavy (non-hydrogen) atoms. The third-order valence-electron chi connectivity index (χ3n) is 3.52. The van der Waals surface area contributed by atoms with Crippen LogP contribution in [0.4, 0.5) is 0 Å². The number of benzene rings is 1. The maximum absolute atomic E-state index is 12.2. The summed E-state index contributed by atoms with van der Waals surface area (Å²) in [6.45, 7) is 8.37. The lowest BCUT2D eigenvalue weighted by atomic mass is 9.81. The molecule has 2 aromatic rings. The second-order valence-electron chi connectivity index (χ2n) is 5.75. The number of aromatic nitrogens is 2. The summed E-state index contributed by atoms with van der Waals surface area (Å²) in [6, 6.07) is 7.29. The average Bonchev–Trinajstić information content (AvgIpc) is 2.32. The topological polar surface area (TPSA) is 60.9 Å². The van der Waals surface area contributed by atoms with Gasteiger partial charge in [-0.25, -0.2) is 9.66 Å². The molecule has 4 nitrogen and oxygen atoms in total. The Morgan fingerprint density at radius 1 is 1.28 bits per heavy atom. The van der Waals surface area contributed by atoms with Crippen LogP contribution in [0.5, 0.6) is 0 Å². The highest BCUT2D eigenvalue weighted by molar-refractivity contribution is 5.77. The molecule has 1 aromatic carbocycles. The second kappa shape index (κ2) is 4.12. The van der Waals surface area contributed by atoms with Gasteiger partial charge in [-0.15, -0.1) is 0 Å². The number of para-hydroxylation sites is 1. The molecule has 0 aliphatic heterocycles. The van der Waals surface area contributed by atoms with E-state index in [0.29, 0.717) is 16.7 Å². The van der Waals surface area contributed by atoms with Gasteiger partial charge in [-0.2, -0.15) is 0 Å². The van der Waals surface area contributed by atoms with Crippen LogP contribution in [0, 0.1) is 5.41 Å². The predicted molar refractivity (Wildman–Crippen MR) is 74.0 cm³/mol. The summed E-state index contributed by atoms with van der Waals surface area (Å²) < 4.78 is 1.18. The van der Waals surface area contributed by atoms with E-state index < -0.39 is 0 Å². The third-order valence-corrected chi connectivity index (χ3v) is 3.52. The minimum Gasteiger partial charge on any atom is -0.335 e. The van der Waals surface area contributed by atoms with E-state index in [2.05, 4.69) is 25.8 Å². The molecule has 1 unspecified atom stereocenters. The summed E-state index contributed by atoms with van der Waals surface area (Å²) in [5.41, 5.74) is 0.519. The standard InChI is InChI=1S/C14H19N3O/c1-9(14(2,3)4)12-16-11-8-6-5-7-10(11)13(18)17(12)15/h5-9H,15H2,1-4H3. The number of hydrogen-bond acceptors (Lipinski definition) is 3. The summed E-state index contributed by atoms with van der Waals surface area (Å²) in [7, 11) is 0. The number of hydrogen-bond donors (Lipinski definition) is 1. The fourth-order valence-electron chi connectivity index (χ4n) is 1.86. The largest absolute Gasteiger partial charge is 0.335 e. The van der Waals surface area contributed by atoms with Crippen molar-refractivity contribution < 1.29 is 0 Å². The Kier molecular flexibility index (Phi) is 2.89. The Hall–Kier alpha value is -1.84. The van der Waals surface area contributed by atoms with Crippen molar-refractivity contribution >= 4 is 10.9 Å². The van der Waals surface area contributed by atoms with Crippen molar-refractivity contribution in [2.24, 2.45) is 5.41 Å². The van der Waals surface area contributed by atoms with Crippen LogP contribution in [-0.4, -0.2) is 9.66 Å². The Morgan fingerprint density at radius 3 is 2.50 bits per heavy atom. The molecule has 0 amide bonds. The number of nitrogens with zero attached hydrogens (tertiary/aromatic N) is 2. The molecule has 0 bridgehead atoms. The zero-order valence-electron chi connectivity index (χ0n) is 11.3. The molecule has 1 heterocycles. The zero-order chi connectivity index (χ0) is 13.5. The first-order chi connectivity index (χ1) is 8.32. The van der Waals surface area contributed by atoms with Gasteiger partial charge in [0.05, 0.1) is 10.9 Å². The monoisotopic (exact) mass is 245 g/mol. The first kappa shape index (κ1) is 12.6. The van der Waals surface area contributed by atoms with Gasteiger partial charge >= 0.3 is 0 Å². The lowest BCUT2D eigenvalue weighted by molar-refractivity contribution is 0.322. The Morgan fingerprint density at radius 2 is 1.89 bits per heavy atom. The number of rotatable bonds is 1. The lowest BCUT2D eigenvalue weighted by Crippen LogP contribution is -2.35. The van der Waals surface area contributed by atoms with Crippen molar-refractivity contribution in [3.63, 3.8) is 0 Å². The van der Waals surface area contributed by atoms with Gasteiger partial charge in [0.2, 0.25) is 0 Å². The van der Waals surface area contributed by atoms with Crippen molar-refractivity contribution in [1.82, 2.24) is 9.66 Å². The highest BCUT2D eigenvalue weighted by atomic mass is 16.1. The normalized spacial score (nSPS) is 13.8. The molecule has 1 aromatic heterocycles. The fourth-order valence-corrected chi connectivity index (χ4v) is 1.86. The Balaban J connectivity index is 2.74. The maximum atomic E-state index is 12.2. The highest BCUT2D eigenvalue weighted by Crippen LogP contribution is 2.32. The van der Waals surface area contributed by atoms with Crippen molar-refractivity contribution in [1.29, 1.82) is 0 Å². The van der Waals surface area contributed by atoms with E-state index in [-0.39, 0.29) is 16.9 Å². The number of fused-ring (bicyclic) bond motifs is 1. The molecule has 0 radical (unpaired) electrons. The molecule has 2 N–H and O–H groups in total. The van der Waals surface area contributed by atoms with E-state index in [1.807, 2.05) is 25.1 Å². The zero-order valence-corrected chi connectivity index (χ0v) is 11.3. The van der Waals surface area contributed by atoms with E-state index in [1.54, 1.807) is 6.07 Å². The van der Waals surface area contributed by atoms with Gasteiger partial charge in [-0.05, 0) is 17.5 Å². The smallest absolute Gasteiger partial charge is 0.279 e. The van der Waals surface area contributed by atoms with Crippen LogP contribution >= 0.6 is 0 Å². The molecule has 0 spiro atoms. The van der Waals surface area contributed by atoms with E-state index in [9.17, 15) is 4.79 Å². The lowest BCUT2D eigenvalue weighted by Gasteiger charge is -2.27.